The molecule has 1 heterocycles. The van der Waals surface area contributed by atoms with Crippen molar-refractivity contribution in [2.24, 2.45) is 0 Å². The molecule has 1 aromatic heterocycles. The number of hydrogen-bond acceptors (Lipinski definition) is 5. The van der Waals surface area contributed by atoms with E-state index < -0.39 is 51.0 Å². The third kappa shape index (κ3) is 6.05. The van der Waals surface area contributed by atoms with Crippen molar-refractivity contribution in [2.75, 3.05) is 11.0 Å². The number of amides is 1. The summed E-state index contributed by atoms with van der Waals surface area (Å²) in [6.45, 7) is 1.44. The quantitative estimate of drug-likeness (QED) is 0.463. The fourth-order valence-electron chi connectivity index (χ4n) is 2.82. The molecule has 33 heavy (non-hydrogen) atoms. The molecule has 0 aliphatic heterocycles. The highest BCUT2D eigenvalue weighted by Gasteiger charge is 2.30. The van der Waals surface area contributed by atoms with Crippen molar-refractivity contribution >= 4 is 33.0 Å². The monoisotopic (exact) mass is 505 g/mol. The SMILES string of the molecule is CC(NC(=O)c1csc(-c2cccc(C(F)(F)F)c2)n1)c1cc(F)c(NS(C)(=O)=O)c(F)c1. The second-order valence-electron chi connectivity index (χ2n) is 7.05. The highest BCUT2D eigenvalue weighted by atomic mass is 32.2. The van der Waals surface area contributed by atoms with Crippen molar-refractivity contribution in [2.45, 2.75) is 19.1 Å². The fraction of sp³-hybridized carbons (Fsp3) is 0.200. The van der Waals surface area contributed by atoms with Crippen molar-refractivity contribution in [1.29, 1.82) is 0 Å². The molecule has 0 fully saturated rings. The Kier molecular flexibility index (Phi) is 6.75. The van der Waals surface area contributed by atoms with Gasteiger partial charge in [-0.1, -0.05) is 12.1 Å². The molecule has 1 unspecified atom stereocenters. The number of nitrogens with one attached hydrogen (secondary N) is 2. The molecule has 6 nitrogen and oxygen atoms in total. The van der Waals surface area contributed by atoms with Gasteiger partial charge in [0.05, 0.1) is 17.9 Å². The molecule has 0 saturated carbocycles. The van der Waals surface area contributed by atoms with Gasteiger partial charge in [0.15, 0.2) is 11.6 Å². The maximum Gasteiger partial charge on any atom is 0.416 e. The second-order valence-corrected chi connectivity index (χ2v) is 9.65. The summed E-state index contributed by atoms with van der Waals surface area (Å²) in [5.41, 5.74) is -1.58. The van der Waals surface area contributed by atoms with E-state index in [1.807, 2.05) is 0 Å². The lowest BCUT2D eigenvalue weighted by Crippen LogP contribution is -2.27. The van der Waals surface area contributed by atoms with Crippen LogP contribution >= 0.6 is 11.3 Å². The molecule has 2 aromatic carbocycles. The number of benzene rings is 2. The highest BCUT2D eigenvalue weighted by molar-refractivity contribution is 7.92. The first-order chi connectivity index (χ1) is 15.2. The molecule has 13 heteroatoms. The number of alkyl halides is 3. The molecule has 3 aromatic rings. The topological polar surface area (TPSA) is 88.2 Å². The standard InChI is InChI=1S/C20H16F5N3O3S2/c1-10(12-7-14(21)17(15(22)8-12)28-33(2,30)31)26-18(29)16-9-32-19(27-16)11-4-3-5-13(6-11)20(23,24)25/h3-10,28H,1-2H3,(H,26,29). The first kappa shape index (κ1) is 24.6. The predicted molar refractivity (Wildman–Crippen MR) is 113 cm³/mol. The third-order valence-corrected chi connectivity index (χ3v) is 5.84. The molecule has 176 valence electrons. The van der Waals surface area contributed by atoms with Crippen LogP contribution in [0.25, 0.3) is 10.6 Å². The van der Waals surface area contributed by atoms with Crippen LogP contribution in [0.3, 0.4) is 0 Å². The molecule has 0 saturated heterocycles. The zero-order valence-corrected chi connectivity index (χ0v) is 18.6. The average Bonchev–Trinajstić information content (AvgIpc) is 3.20. The number of rotatable bonds is 6. The minimum Gasteiger partial charge on any atom is -0.344 e. The molecule has 0 spiro atoms. The predicted octanol–water partition coefficient (Wildman–Crippen LogP) is 4.97. The smallest absolute Gasteiger partial charge is 0.344 e. The zero-order valence-electron chi connectivity index (χ0n) is 17.0. The maximum atomic E-state index is 14.2. The van der Waals surface area contributed by atoms with E-state index in [9.17, 15) is 35.2 Å². The zero-order chi connectivity index (χ0) is 24.6. The summed E-state index contributed by atoms with van der Waals surface area (Å²) in [6.07, 6.45) is -3.79. The summed E-state index contributed by atoms with van der Waals surface area (Å²) in [5.74, 6) is -3.05. The van der Waals surface area contributed by atoms with Crippen LogP contribution in [0.1, 0.15) is 34.6 Å². The Morgan fingerprint density at radius 2 is 1.76 bits per heavy atom. The van der Waals surface area contributed by atoms with Crippen LogP contribution < -0.4 is 10.0 Å². The van der Waals surface area contributed by atoms with E-state index >= 15 is 0 Å². The van der Waals surface area contributed by atoms with Gasteiger partial charge in [0, 0.05) is 10.9 Å². The van der Waals surface area contributed by atoms with E-state index in [4.69, 9.17) is 0 Å². The van der Waals surface area contributed by atoms with E-state index in [2.05, 4.69) is 10.3 Å². The lowest BCUT2D eigenvalue weighted by Gasteiger charge is -2.15. The number of hydrogen-bond donors (Lipinski definition) is 2. The Morgan fingerprint density at radius 3 is 2.33 bits per heavy atom. The molecule has 0 aliphatic rings. The van der Waals surface area contributed by atoms with Gasteiger partial charge < -0.3 is 5.32 Å². The number of thiazole rings is 1. The third-order valence-electron chi connectivity index (χ3n) is 4.37. The summed E-state index contributed by atoms with van der Waals surface area (Å²) in [5, 5.41) is 4.02. The Labute approximate surface area is 189 Å². The molecular formula is C20H16F5N3O3S2. The molecule has 0 bridgehead atoms. The van der Waals surface area contributed by atoms with Crippen LogP contribution in [0.2, 0.25) is 0 Å². The van der Waals surface area contributed by atoms with Gasteiger partial charge in [-0.2, -0.15) is 13.2 Å². The van der Waals surface area contributed by atoms with Crippen molar-refractivity contribution in [3.05, 3.63) is 70.2 Å². The number of nitrogens with zero attached hydrogens (tertiary/aromatic N) is 1. The van der Waals surface area contributed by atoms with E-state index in [1.54, 1.807) is 4.72 Å². The largest absolute Gasteiger partial charge is 0.416 e. The average molecular weight is 505 g/mol. The van der Waals surface area contributed by atoms with Crippen molar-refractivity contribution in [3.63, 3.8) is 0 Å². The van der Waals surface area contributed by atoms with Gasteiger partial charge in [-0.3, -0.25) is 9.52 Å². The Bertz CT molecular complexity index is 1280. The summed E-state index contributed by atoms with van der Waals surface area (Å²) in [6, 6.07) is 5.34. The normalized spacial score (nSPS) is 12.9. The van der Waals surface area contributed by atoms with E-state index in [0.29, 0.717) is 0 Å². The minimum atomic E-state index is -4.53. The van der Waals surface area contributed by atoms with Gasteiger partial charge in [0.1, 0.15) is 16.4 Å². The molecule has 3 rings (SSSR count). The van der Waals surface area contributed by atoms with Crippen LogP contribution in [0.5, 0.6) is 0 Å². The van der Waals surface area contributed by atoms with Gasteiger partial charge in [0.2, 0.25) is 10.0 Å². The number of sulfonamides is 1. The maximum absolute atomic E-state index is 14.2. The Morgan fingerprint density at radius 1 is 1.12 bits per heavy atom. The van der Waals surface area contributed by atoms with Crippen LogP contribution in [0.15, 0.2) is 41.8 Å². The number of carbonyl (C=O) groups excluding carboxylic acids is 1. The van der Waals surface area contributed by atoms with E-state index in [0.717, 1.165) is 41.9 Å². The van der Waals surface area contributed by atoms with E-state index in [1.165, 1.54) is 24.4 Å². The van der Waals surface area contributed by atoms with Gasteiger partial charge in [-0.25, -0.2) is 22.2 Å². The van der Waals surface area contributed by atoms with Crippen molar-refractivity contribution in [3.8, 4) is 10.6 Å². The van der Waals surface area contributed by atoms with Gasteiger partial charge >= 0.3 is 6.18 Å². The summed E-state index contributed by atoms with van der Waals surface area (Å²) in [4.78, 5) is 16.6. The molecule has 2 N–H and O–H groups in total. The number of carbonyl (C=O) groups is 1. The number of aromatic nitrogens is 1. The van der Waals surface area contributed by atoms with Crippen LogP contribution in [-0.4, -0.2) is 25.6 Å². The fourth-order valence-corrected chi connectivity index (χ4v) is 4.18. The van der Waals surface area contributed by atoms with Gasteiger partial charge in [-0.15, -0.1) is 11.3 Å². The molecular weight excluding hydrogens is 489 g/mol. The van der Waals surface area contributed by atoms with Crippen LogP contribution in [-0.2, 0) is 16.2 Å². The van der Waals surface area contributed by atoms with Crippen LogP contribution in [0, 0.1) is 11.6 Å². The molecule has 1 atom stereocenters. The molecule has 0 radical (unpaired) electrons. The van der Waals surface area contributed by atoms with Gasteiger partial charge in [0.25, 0.3) is 5.91 Å². The second kappa shape index (κ2) is 9.06. The first-order valence-electron chi connectivity index (χ1n) is 9.15. The lowest BCUT2D eigenvalue weighted by atomic mass is 10.1. The first-order valence-corrected chi connectivity index (χ1v) is 11.9. The Hall–Kier alpha value is -3.06. The summed E-state index contributed by atoms with van der Waals surface area (Å²) < 4.78 is 91.4. The molecule has 0 aliphatic carbocycles. The van der Waals surface area contributed by atoms with Crippen molar-refractivity contribution < 1.29 is 35.2 Å². The minimum absolute atomic E-state index is 0.0192. The number of anilines is 1. The summed E-state index contributed by atoms with van der Waals surface area (Å²) in [7, 11) is -3.91. The van der Waals surface area contributed by atoms with E-state index in [-0.39, 0.29) is 21.8 Å². The lowest BCUT2D eigenvalue weighted by molar-refractivity contribution is -0.137. The van der Waals surface area contributed by atoms with Crippen molar-refractivity contribution in [1.82, 2.24) is 10.3 Å². The van der Waals surface area contributed by atoms with Crippen LogP contribution in [0.4, 0.5) is 27.6 Å². The Balaban J connectivity index is 1.77. The number of halogens is 5. The van der Waals surface area contributed by atoms with Gasteiger partial charge in [-0.05, 0) is 36.8 Å². The summed E-state index contributed by atoms with van der Waals surface area (Å²) >= 11 is 0.961. The molecule has 1 amide bonds. The highest BCUT2D eigenvalue weighted by Crippen LogP contribution is 2.33.